The van der Waals surface area contributed by atoms with Gasteiger partial charge in [0.25, 0.3) is 0 Å². The fourth-order valence-electron chi connectivity index (χ4n) is 5.66. The summed E-state index contributed by atoms with van der Waals surface area (Å²) in [5, 5.41) is 0. The summed E-state index contributed by atoms with van der Waals surface area (Å²) in [7, 11) is 0. The van der Waals surface area contributed by atoms with E-state index >= 15 is 0 Å². The number of hydrogen-bond donors (Lipinski definition) is 0. The second kappa shape index (κ2) is 8.70. The number of fused-ring (bicyclic) bond motifs is 1. The highest BCUT2D eigenvalue weighted by molar-refractivity contribution is 5.68. The molecule has 34 heavy (non-hydrogen) atoms. The van der Waals surface area contributed by atoms with Crippen molar-refractivity contribution in [2.24, 2.45) is 0 Å². The Balaban J connectivity index is 1.95. The maximum atomic E-state index is 6.26. The zero-order valence-electron chi connectivity index (χ0n) is 22.7. The van der Waals surface area contributed by atoms with Crippen molar-refractivity contribution >= 4 is 0 Å². The zero-order chi connectivity index (χ0) is 25.0. The number of rotatable bonds is 8. The molecule has 0 saturated heterocycles. The summed E-state index contributed by atoms with van der Waals surface area (Å²) in [5.74, 6) is 3.33. The van der Waals surface area contributed by atoms with Crippen molar-refractivity contribution in [3.8, 4) is 23.0 Å². The van der Waals surface area contributed by atoms with Gasteiger partial charge in [-0.2, -0.15) is 0 Å². The topological polar surface area (TPSA) is 36.9 Å². The van der Waals surface area contributed by atoms with Gasteiger partial charge in [-0.1, -0.05) is 13.8 Å². The molecule has 3 aliphatic rings. The van der Waals surface area contributed by atoms with Gasteiger partial charge in [0, 0.05) is 10.8 Å². The fourth-order valence-corrected chi connectivity index (χ4v) is 5.66. The molecule has 0 fully saturated rings. The van der Waals surface area contributed by atoms with Crippen LogP contribution in [0.3, 0.4) is 0 Å². The van der Waals surface area contributed by atoms with Crippen molar-refractivity contribution in [3.05, 3.63) is 46.5 Å². The minimum absolute atomic E-state index is 0.0748. The van der Waals surface area contributed by atoms with Gasteiger partial charge in [-0.15, -0.1) is 0 Å². The summed E-state index contributed by atoms with van der Waals surface area (Å²) >= 11 is 0. The van der Waals surface area contributed by atoms with E-state index in [2.05, 4.69) is 93.5 Å². The van der Waals surface area contributed by atoms with Crippen LogP contribution in [-0.4, -0.2) is 24.4 Å². The maximum Gasteiger partial charge on any atom is 0.161 e. The smallest absolute Gasteiger partial charge is 0.161 e. The second-order valence-corrected chi connectivity index (χ2v) is 11.5. The molecule has 0 spiro atoms. The Hall–Kier alpha value is -2.36. The van der Waals surface area contributed by atoms with Gasteiger partial charge in [0.1, 0.15) is 0 Å². The lowest BCUT2D eigenvalue weighted by Crippen LogP contribution is -2.46. The van der Waals surface area contributed by atoms with E-state index in [1.165, 1.54) is 22.3 Å². The van der Waals surface area contributed by atoms with Crippen molar-refractivity contribution in [3.63, 3.8) is 0 Å². The third kappa shape index (κ3) is 4.14. The van der Waals surface area contributed by atoms with Gasteiger partial charge < -0.3 is 18.9 Å². The molecule has 2 bridgehead atoms. The summed E-state index contributed by atoms with van der Waals surface area (Å²) in [6.45, 7) is 21.3. The van der Waals surface area contributed by atoms with Crippen molar-refractivity contribution < 1.29 is 18.9 Å². The number of ether oxygens (including phenoxy) is 4. The standard InChI is InChI=1S/C30H42O4/c1-17(2)31-25-13-21-22(14-26(25)32-18(3)4)30(10)12-11-29(21,9)23-15-27(33-19(5)6)28(16-24(23)30)34-20(7)8/h13-20H,11-12H2,1-10H3. The molecule has 2 aromatic rings. The van der Waals surface area contributed by atoms with Crippen LogP contribution in [0.5, 0.6) is 23.0 Å². The predicted molar refractivity (Wildman–Crippen MR) is 138 cm³/mol. The third-order valence-corrected chi connectivity index (χ3v) is 7.12. The summed E-state index contributed by atoms with van der Waals surface area (Å²) in [6, 6.07) is 8.98. The summed E-state index contributed by atoms with van der Waals surface area (Å²) in [6.07, 6.45) is 2.47. The zero-order valence-corrected chi connectivity index (χ0v) is 22.7. The largest absolute Gasteiger partial charge is 0.487 e. The molecule has 0 aliphatic heterocycles. The molecule has 0 heterocycles. The van der Waals surface area contributed by atoms with Gasteiger partial charge in [0.2, 0.25) is 0 Å². The first-order chi connectivity index (χ1) is 15.8. The first-order valence-electron chi connectivity index (χ1n) is 12.9. The Morgan fingerprint density at radius 3 is 0.853 bits per heavy atom. The lowest BCUT2D eigenvalue weighted by molar-refractivity contribution is 0.194. The molecular formula is C30H42O4. The van der Waals surface area contributed by atoms with Gasteiger partial charge >= 0.3 is 0 Å². The van der Waals surface area contributed by atoms with Crippen LogP contribution in [0.15, 0.2) is 24.3 Å². The van der Waals surface area contributed by atoms with E-state index in [1.54, 1.807) is 0 Å². The molecule has 4 heteroatoms. The van der Waals surface area contributed by atoms with E-state index in [-0.39, 0.29) is 35.2 Å². The predicted octanol–water partition coefficient (Wildman–Crippen LogP) is 7.55. The highest BCUT2D eigenvalue weighted by atomic mass is 16.5. The minimum Gasteiger partial charge on any atom is -0.487 e. The van der Waals surface area contributed by atoms with E-state index in [0.717, 1.165) is 35.8 Å². The van der Waals surface area contributed by atoms with Crippen molar-refractivity contribution in [1.29, 1.82) is 0 Å². The van der Waals surface area contributed by atoms with Crippen LogP contribution in [0.1, 0.15) is 104 Å². The van der Waals surface area contributed by atoms with E-state index in [9.17, 15) is 0 Å². The van der Waals surface area contributed by atoms with Crippen LogP contribution in [0.2, 0.25) is 0 Å². The Labute approximate surface area is 205 Å². The number of hydrogen-bond acceptors (Lipinski definition) is 4. The Morgan fingerprint density at radius 1 is 0.471 bits per heavy atom. The normalized spacial score (nSPS) is 22.9. The SMILES string of the molecule is CC(C)Oc1cc2c(cc1OC(C)C)C1(C)CCC2(C)c2cc(OC(C)C)c(OC(C)C)cc21. The van der Waals surface area contributed by atoms with E-state index in [4.69, 9.17) is 18.9 Å². The van der Waals surface area contributed by atoms with Gasteiger partial charge in [-0.05, 0) is 115 Å². The molecule has 0 amide bonds. The molecule has 4 nitrogen and oxygen atoms in total. The average molecular weight is 467 g/mol. The van der Waals surface area contributed by atoms with Crippen LogP contribution >= 0.6 is 0 Å². The van der Waals surface area contributed by atoms with Gasteiger partial charge in [0.05, 0.1) is 24.4 Å². The molecular weight excluding hydrogens is 424 g/mol. The van der Waals surface area contributed by atoms with Crippen molar-refractivity contribution in [1.82, 2.24) is 0 Å². The van der Waals surface area contributed by atoms with Crippen molar-refractivity contribution in [2.75, 3.05) is 0 Å². The molecule has 0 unspecified atom stereocenters. The van der Waals surface area contributed by atoms with Gasteiger partial charge in [-0.3, -0.25) is 0 Å². The molecule has 0 atom stereocenters. The molecule has 0 saturated carbocycles. The molecule has 5 rings (SSSR count). The van der Waals surface area contributed by atoms with E-state index < -0.39 is 0 Å². The first-order valence-corrected chi connectivity index (χ1v) is 12.9. The fraction of sp³-hybridized carbons (Fsp3) is 0.600. The van der Waals surface area contributed by atoms with Crippen molar-refractivity contribution in [2.45, 2.75) is 117 Å². The Kier molecular flexibility index (Phi) is 6.33. The molecule has 0 aromatic heterocycles. The molecule has 186 valence electrons. The highest BCUT2D eigenvalue weighted by Gasteiger charge is 2.52. The van der Waals surface area contributed by atoms with Gasteiger partial charge in [0.15, 0.2) is 23.0 Å². The second-order valence-electron chi connectivity index (χ2n) is 11.5. The minimum atomic E-state index is -0.126. The Morgan fingerprint density at radius 2 is 0.676 bits per heavy atom. The molecule has 2 aromatic carbocycles. The summed E-state index contributed by atoms with van der Waals surface area (Å²) < 4.78 is 25.0. The maximum absolute atomic E-state index is 6.26. The third-order valence-electron chi connectivity index (χ3n) is 7.12. The lowest BCUT2D eigenvalue weighted by Gasteiger charge is -2.53. The van der Waals surface area contributed by atoms with Crippen LogP contribution in [0.4, 0.5) is 0 Å². The molecule has 0 radical (unpaired) electrons. The van der Waals surface area contributed by atoms with E-state index in [1.807, 2.05) is 0 Å². The molecule has 0 N–H and O–H groups in total. The summed E-state index contributed by atoms with van der Waals surface area (Å²) in [4.78, 5) is 0. The van der Waals surface area contributed by atoms with E-state index in [0.29, 0.717) is 0 Å². The quantitative estimate of drug-likeness (QED) is 0.402. The van der Waals surface area contributed by atoms with Crippen LogP contribution in [0.25, 0.3) is 0 Å². The van der Waals surface area contributed by atoms with Gasteiger partial charge in [-0.25, -0.2) is 0 Å². The van der Waals surface area contributed by atoms with Crippen LogP contribution in [0, 0.1) is 0 Å². The Bertz CT molecular complexity index is 904. The lowest BCUT2D eigenvalue weighted by atomic mass is 9.50. The first kappa shape index (κ1) is 24.8. The summed E-state index contributed by atoms with van der Waals surface area (Å²) in [5.41, 5.74) is 5.11. The highest BCUT2D eigenvalue weighted by Crippen LogP contribution is 2.62. The monoisotopic (exact) mass is 466 g/mol. The van der Waals surface area contributed by atoms with Crippen LogP contribution in [-0.2, 0) is 10.8 Å². The average Bonchev–Trinajstić information content (AvgIpc) is 2.70. The van der Waals surface area contributed by atoms with Crippen LogP contribution < -0.4 is 18.9 Å². The molecule has 3 aliphatic carbocycles. The number of benzene rings is 2.